The molecular formula is C25H29N5O2. The van der Waals surface area contributed by atoms with Gasteiger partial charge in [-0.1, -0.05) is 6.07 Å². The Morgan fingerprint density at radius 3 is 2.59 bits per heavy atom. The van der Waals surface area contributed by atoms with Crippen LogP contribution in [0.3, 0.4) is 0 Å². The van der Waals surface area contributed by atoms with Crippen molar-refractivity contribution in [2.45, 2.75) is 44.8 Å². The normalized spacial score (nSPS) is 23.4. The fourth-order valence-corrected chi connectivity index (χ4v) is 5.75. The molecule has 3 aromatic rings. The molecule has 32 heavy (non-hydrogen) atoms. The van der Waals surface area contributed by atoms with Gasteiger partial charge in [-0.3, -0.25) is 14.6 Å². The van der Waals surface area contributed by atoms with Crippen molar-refractivity contribution in [2.24, 2.45) is 5.92 Å². The second-order valence-electron chi connectivity index (χ2n) is 9.57. The van der Waals surface area contributed by atoms with Gasteiger partial charge in [-0.2, -0.15) is 0 Å². The largest absolute Gasteiger partial charge is 0.461 e. The number of aromatic nitrogens is 3. The average molecular weight is 432 g/mol. The molecule has 3 aliphatic heterocycles. The zero-order valence-corrected chi connectivity index (χ0v) is 18.3. The van der Waals surface area contributed by atoms with E-state index in [0.29, 0.717) is 23.4 Å². The third-order valence-electron chi connectivity index (χ3n) is 7.20. The van der Waals surface area contributed by atoms with E-state index in [2.05, 4.69) is 36.5 Å². The third-order valence-corrected chi connectivity index (χ3v) is 7.20. The van der Waals surface area contributed by atoms with E-state index < -0.39 is 0 Å². The minimum atomic E-state index is 0.236. The number of hydrogen-bond donors (Lipinski definition) is 0. The molecule has 6 heterocycles. The van der Waals surface area contributed by atoms with Crippen LogP contribution >= 0.6 is 0 Å². The first-order valence-corrected chi connectivity index (χ1v) is 11.7. The molecule has 2 atom stereocenters. The molecular weight excluding hydrogens is 402 g/mol. The Morgan fingerprint density at radius 1 is 0.969 bits per heavy atom. The van der Waals surface area contributed by atoms with E-state index in [1.807, 2.05) is 24.5 Å². The predicted molar refractivity (Wildman–Crippen MR) is 121 cm³/mol. The smallest absolute Gasteiger partial charge is 0.255 e. The van der Waals surface area contributed by atoms with Gasteiger partial charge in [0, 0.05) is 67.9 Å². The summed E-state index contributed by atoms with van der Waals surface area (Å²) in [4.78, 5) is 27.1. The minimum Gasteiger partial charge on any atom is -0.461 e. The lowest BCUT2D eigenvalue weighted by molar-refractivity contribution is 0.114. The molecule has 0 unspecified atom stereocenters. The van der Waals surface area contributed by atoms with Gasteiger partial charge in [0.05, 0.1) is 6.26 Å². The second-order valence-corrected chi connectivity index (χ2v) is 9.57. The van der Waals surface area contributed by atoms with Crippen molar-refractivity contribution in [3.63, 3.8) is 0 Å². The molecule has 0 aromatic carbocycles. The molecule has 3 aromatic heterocycles. The molecule has 2 saturated heterocycles. The molecule has 7 heteroatoms. The predicted octanol–water partition coefficient (Wildman–Crippen LogP) is 3.11. The number of rotatable bonds is 5. The first kappa shape index (κ1) is 19.9. The average Bonchev–Trinajstić information content (AvgIpc) is 3.51. The van der Waals surface area contributed by atoms with Gasteiger partial charge >= 0.3 is 0 Å². The van der Waals surface area contributed by atoms with Crippen LogP contribution in [0.4, 0.5) is 0 Å². The van der Waals surface area contributed by atoms with Crippen LogP contribution in [0.25, 0.3) is 11.6 Å². The lowest BCUT2D eigenvalue weighted by atomic mass is 9.83. The maximum absolute atomic E-state index is 13.2. The Morgan fingerprint density at radius 2 is 1.81 bits per heavy atom. The molecule has 2 bridgehead atoms. The standard InChI is InChI=1S/C25H29N5O2/c31-25-20(16-28-7-1-2-8-28)5-6-22-21-10-18(15-30(22)25)13-29(17-21)14-19-11-26-24(27-12-19)23-4-3-9-32-23/h3-6,9,11-12,18,21H,1-2,7-8,10,13-17H2/t18-,21+/m0/s1. The Bertz CT molecular complexity index is 1130. The van der Waals surface area contributed by atoms with Gasteiger partial charge in [-0.25, -0.2) is 9.97 Å². The van der Waals surface area contributed by atoms with E-state index in [9.17, 15) is 4.79 Å². The van der Waals surface area contributed by atoms with Crippen molar-refractivity contribution in [3.05, 3.63) is 70.1 Å². The van der Waals surface area contributed by atoms with Gasteiger partial charge in [0.15, 0.2) is 11.6 Å². The monoisotopic (exact) mass is 431 g/mol. The van der Waals surface area contributed by atoms with Crippen molar-refractivity contribution in [2.75, 3.05) is 26.2 Å². The van der Waals surface area contributed by atoms with Crippen LogP contribution in [-0.2, 0) is 19.6 Å². The molecule has 0 saturated carbocycles. The van der Waals surface area contributed by atoms with Gasteiger partial charge in [-0.15, -0.1) is 0 Å². The minimum absolute atomic E-state index is 0.236. The zero-order valence-electron chi connectivity index (χ0n) is 18.3. The number of hydrogen-bond acceptors (Lipinski definition) is 6. The maximum atomic E-state index is 13.2. The Kier molecular flexibility index (Phi) is 5.15. The highest BCUT2D eigenvalue weighted by atomic mass is 16.3. The van der Waals surface area contributed by atoms with Crippen molar-refractivity contribution in [1.29, 1.82) is 0 Å². The summed E-state index contributed by atoms with van der Waals surface area (Å²) >= 11 is 0. The van der Waals surface area contributed by atoms with Gasteiger partial charge in [0.2, 0.25) is 0 Å². The van der Waals surface area contributed by atoms with Crippen LogP contribution in [0.15, 0.2) is 52.1 Å². The van der Waals surface area contributed by atoms with Gasteiger partial charge in [0.25, 0.3) is 5.56 Å². The summed E-state index contributed by atoms with van der Waals surface area (Å²) in [5, 5.41) is 0. The second kappa shape index (κ2) is 8.30. The fraction of sp³-hybridized carbons (Fsp3) is 0.480. The highest BCUT2D eigenvalue weighted by molar-refractivity contribution is 5.45. The molecule has 0 aliphatic carbocycles. The van der Waals surface area contributed by atoms with Gasteiger partial charge < -0.3 is 8.98 Å². The van der Waals surface area contributed by atoms with Gasteiger partial charge in [0.1, 0.15) is 0 Å². The van der Waals surface area contributed by atoms with Crippen LogP contribution in [0.2, 0.25) is 0 Å². The van der Waals surface area contributed by atoms with Crippen molar-refractivity contribution < 1.29 is 4.42 Å². The molecule has 7 nitrogen and oxygen atoms in total. The first-order chi connectivity index (χ1) is 15.7. The van der Waals surface area contributed by atoms with Crippen LogP contribution in [0, 0.1) is 5.92 Å². The van der Waals surface area contributed by atoms with Crippen molar-refractivity contribution >= 4 is 0 Å². The van der Waals surface area contributed by atoms with E-state index >= 15 is 0 Å². The topological polar surface area (TPSA) is 67.4 Å². The fourth-order valence-electron chi connectivity index (χ4n) is 5.75. The summed E-state index contributed by atoms with van der Waals surface area (Å²) < 4.78 is 7.47. The summed E-state index contributed by atoms with van der Waals surface area (Å²) in [6.07, 6.45) is 9.12. The number of likely N-dealkylation sites (tertiary alicyclic amines) is 2. The lowest BCUT2D eigenvalue weighted by Gasteiger charge is -2.43. The molecule has 0 spiro atoms. The summed E-state index contributed by atoms with van der Waals surface area (Å²) in [5.74, 6) is 2.24. The third kappa shape index (κ3) is 3.80. The van der Waals surface area contributed by atoms with Crippen molar-refractivity contribution in [1.82, 2.24) is 24.3 Å². The lowest BCUT2D eigenvalue weighted by Crippen LogP contribution is -2.47. The summed E-state index contributed by atoms with van der Waals surface area (Å²) in [7, 11) is 0. The quantitative estimate of drug-likeness (QED) is 0.618. The highest BCUT2D eigenvalue weighted by Crippen LogP contribution is 2.35. The summed E-state index contributed by atoms with van der Waals surface area (Å²) in [6.45, 7) is 6.70. The Hall–Kier alpha value is -2.77. The summed E-state index contributed by atoms with van der Waals surface area (Å²) in [6, 6.07) is 8.03. The van der Waals surface area contributed by atoms with E-state index in [-0.39, 0.29) is 5.56 Å². The van der Waals surface area contributed by atoms with E-state index in [4.69, 9.17) is 4.42 Å². The van der Waals surface area contributed by atoms with E-state index in [1.165, 1.54) is 25.0 Å². The number of furan rings is 1. The molecule has 2 fully saturated rings. The zero-order chi connectivity index (χ0) is 21.5. The first-order valence-electron chi connectivity index (χ1n) is 11.7. The number of nitrogens with zero attached hydrogens (tertiary/aromatic N) is 5. The van der Waals surface area contributed by atoms with Crippen LogP contribution < -0.4 is 5.56 Å². The molecule has 0 radical (unpaired) electrons. The SMILES string of the molecule is O=c1c(CN2CCCC2)ccc2n1C[C@H]1C[C@@H]2CN(Cc2cnc(-c3ccco3)nc2)C1. The van der Waals surface area contributed by atoms with Gasteiger partial charge in [-0.05, 0) is 56.5 Å². The number of piperidine rings is 1. The van der Waals surface area contributed by atoms with E-state index in [0.717, 1.165) is 56.9 Å². The molecule has 0 N–H and O–H groups in total. The molecule has 6 rings (SSSR count). The van der Waals surface area contributed by atoms with E-state index in [1.54, 1.807) is 6.26 Å². The number of pyridine rings is 1. The molecule has 166 valence electrons. The molecule has 3 aliphatic rings. The maximum Gasteiger partial charge on any atom is 0.255 e. The Balaban J connectivity index is 1.17. The number of fused-ring (bicyclic) bond motifs is 4. The highest BCUT2D eigenvalue weighted by Gasteiger charge is 2.35. The summed E-state index contributed by atoms with van der Waals surface area (Å²) in [5.41, 5.74) is 3.52. The van der Waals surface area contributed by atoms with Crippen LogP contribution in [0.1, 0.15) is 42.0 Å². The molecule has 0 amide bonds. The Labute approximate surface area is 187 Å². The van der Waals surface area contributed by atoms with Crippen LogP contribution in [-0.4, -0.2) is 50.5 Å². The van der Waals surface area contributed by atoms with Crippen molar-refractivity contribution in [3.8, 4) is 11.6 Å². The van der Waals surface area contributed by atoms with Crippen LogP contribution in [0.5, 0.6) is 0 Å².